The molecule has 1 saturated heterocycles. The molecular weight excluding hydrogens is 609 g/mol. The number of aromatic amines is 1. The first-order valence-corrected chi connectivity index (χ1v) is 17.3. The molecule has 4 aromatic rings. The smallest absolute Gasteiger partial charge is 0.354 e. The predicted octanol–water partition coefficient (Wildman–Crippen LogP) is 7.03. The van der Waals surface area contributed by atoms with Crippen molar-refractivity contribution in [2.45, 2.75) is 88.7 Å². The second-order valence-electron chi connectivity index (χ2n) is 12.2. The summed E-state index contributed by atoms with van der Waals surface area (Å²) in [4.78, 5) is 22.1. The summed E-state index contributed by atoms with van der Waals surface area (Å²) in [6.45, 7) is 6.41. The second-order valence-corrected chi connectivity index (χ2v) is 13.4. The molecule has 0 saturated carbocycles. The molecule has 2 aromatic heterocycles. The van der Waals surface area contributed by atoms with Crippen molar-refractivity contribution in [2.75, 3.05) is 12.8 Å². The maximum atomic E-state index is 15.3. The molecule has 11 heteroatoms. The Morgan fingerprint density at radius 3 is 2.82 bits per heavy atom. The zero-order chi connectivity index (χ0) is 32.2. The average molecular weight is 652 g/mol. The van der Waals surface area contributed by atoms with Crippen LogP contribution in [-0.4, -0.2) is 45.3 Å². The molecule has 1 aliphatic heterocycles. The van der Waals surface area contributed by atoms with E-state index in [1.165, 1.54) is 5.56 Å². The molecule has 3 atom stereocenters. The predicted molar refractivity (Wildman–Crippen MR) is 185 cm³/mol. The topological polar surface area (TPSA) is 125 Å². The number of amidine groups is 1. The number of aromatic nitrogens is 3. The number of hydrogen-bond donors (Lipinski definition) is 5. The Balaban J connectivity index is 1.44. The van der Waals surface area contributed by atoms with Gasteiger partial charge in [0.25, 0.3) is 0 Å². The SMILES string of the molecule is CSc1cc(-n2c(C)c3cc(-c4cc(CCC[C@H](C)N)cc(Cl)c4F)[nH]c3nc2=O)ccc1[C@@H]1CCC[C@@H](CCNC(C)=N)N1. The van der Waals surface area contributed by atoms with Gasteiger partial charge in [-0.2, -0.15) is 4.98 Å². The van der Waals surface area contributed by atoms with Gasteiger partial charge in [0.05, 0.1) is 22.2 Å². The summed E-state index contributed by atoms with van der Waals surface area (Å²) in [7, 11) is 0. The Kier molecular flexibility index (Phi) is 10.7. The minimum absolute atomic E-state index is 0.0628. The van der Waals surface area contributed by atoms with Gasteiger partial charge < -0.3 is 21.4 Å². The fourth-order valence-corrected chi connectivity index (χ4v) is 7.26. The van der Waals surface area contributed by atoms with Crippen LogP contribution in [0.3, 0.4) is 0 Å². The summed E-state index contributed by atoms with van der Waals surface area (Å²) in [5, 5.41) is 15.3. The Morgan fingerprint density at radius 2 is 2.09 bits per heavy atom. The lowest BCUT2D eigenvalue weighted by Gasteiger charge is -2.32. The third kappa shape index (κ3) is 7.62. The first kappa shape index (κ1) is 33.2. The van der Waals surface area contributed by atoms with Crippen molar-refractivity contribution in [2.24, 2.45) is 5.73 Å². The van der Waals surface area contributed by atoms with Crippen LogP contribution >= 0.6 is 23.4 Å². The van der Waals surface area contributed by atoms with Crippen molar-refractivity contribution in [1.29, 1.82) is 5.41 Å². The number of benzene rings is 2. The number of rotatable bonds is 11. The highest BCUT2D eigenvalue weighted by molar-refractivity contribution is 7.98. The second kappa shape index (κ2) is 14.5. The van der Waals surface area contributed by atoms with E-state index in [4.69, 9.17) is 22.7 Å². The number of nitrogens with one attached hydrogen (secondary N) is 4. The van der Waals surface area contributed by atoms with Crippen molar-refractivity contribution in [1.82, 2.24) is 25.2 Å². The lowest BCUT2D eigenvalue weighted by molar-refractivity contribution is 0.310. The van der Waals surface area contributed by atoms with Crippen LogP contribution in [0, 0.1) is 18.2 Å². The highest BCUT2D eigenvalue weighted by Gasteiger charge is 2.25. The normalized spacial score (nSPS) is 17.5. The van der Waals surface area contributed by atoms with Crippen molar-refractivity contribution in [3.05, 3.63) is 74.5 Å². The van der Waals surface area contributed by atoms with Crippen LogP contribution < -0.4 is 22.1 Å². The number of fused-ring (bicyclic) bond motifs is 1. The van der Waals surface area contributed by atoms with Crippen LogP contribution in [0.5, 0.6) is 0 Å². The number of H-pyrrole nitrogens is 1. The van der Waals surface area contributed by atoms with E-state index in [0.717, 1.165) is 78.7 Å². The highest BCUT2D eigenvalue weighted by atomic mass is 35.5. The van der Waals surface area contributed by atoms with Crippen LogP contribution in [0.1, 0.15) is 75.2 Å². The van der Waals surface area contributed by atoms with Crippen molar-refractivity contribution in [3.63, 3.8) is 0 Å². The van der Waals surface area contributed by atoms with Crippen LogP contribution in [0.25, 0.3) is 28.0 Å². The van der Waals surface area contributed by atoms with E-state index in [9.17, 15) is 4.79 Å². The maximum Gasteiger partial charge on any atom is 0.354 e. The average Bonchev–Trinajstić information content (AvgIpc) is 3.42. The van der Waals surface area contributed by atoms with E-state index in [1.54, 1.807) is 29.3 Å². The van der Waals surface area contributed by atoms with Gasteiger partial charge in [-0.15, -0.1) is 11.8 Å². The van der Waals surface area contributed by atoms with Crippen molar-refractivity contribution >= 4 is 40.2 Å². The third-order valence-corrected chi connectivity index (χ3v) is 9.71. The monoisotopic (exact) mass is 651 g/mol. The fraction of sp³-hybridized carbons (Fsp3) is 0.441. The molecule has 0 bridgehead atoms. The maximum absolute atomic E-state index is 15.3. The van der Waals surface area contributed by atoms with Gasteiger partial charge in [-0.25, -0.2) is 9.18 Å². The molecule has 240 valence electrons. The molecule has 1 fully saturated rings. The molecule has 0 radical (unpaired) electrons. The molecule has 3 heterocycles. The lowest BCUT2D eigenvalue weighted by atomic mass is 9.92. The number of nitrogens with zero attached hydrogens (tertiary/aromatic N) is 2. The van der Waals surface area contributed by atoms with Gasteiger partial charge in [-0.05, 0) is 107 Å². The first-order chi connectivity index (χ1) is 21.5. The third-order valence-electron chi connectivity index (χ3n) is 8.64. The van der Waals surface area contributed by atoms with Crippen molar-refractivity contribution in [3.8, 4) is 16.9 Å². The summed E-state index contributed by atoms with van der Waals surface area (Å²) < 4.78 is 16.9. The molecule has 0 amide bonds. The van der Waals surface area contributed by atoms with Crippen molar-refractivity contribution < 1.29 is 4.39 Å². The number of piperidine rings is 1. The van der Waals surface area contributed by atoms with Gasteiger partial charge in [0.2, 0.25) is 0 Å². The Labute approximate surface area is 273 Å². The zero-order valence-corrected chi connectivity index (χ0v) is 28.0. The first-order valence-electron chi connectivity index (χ1n) is 15.6. The lowest BCUT2D eigenvalue weighted by Crippen LogP contribution is -2.39. The van der Waals surface area contributed by atoms with Crippen LogP contribution in [-0.2, 0) is 6.42 Å². The Hall–Kier alpha value is -3.18. The molecule has 45 heavy (non-hydrogen) atoms. The van der Waals surface area contributed by atoms with E-state index >= 15 is 4.39 Å². The number of nitrogens with two attached hydrogens (primary N) is 1. The summed E-state index contributed by atoms with van der Waals surface area (Å²) in [6, 6.07) is 12.2. The molecular formula is C34H43ClFN7OS. The van der Waals surface area contributed by atoms with E-state index in [-0.39, 0.29) is 17.1 Å². The van der Waals surface area contributed by atoms with Gasteiger partial charge >= 0.3 is 5.69 Å². The largest absolute Gasteiger partial charge is 0.374 e. The fourth-order valence-electron chi connectivity index (χ4n) is 6.33. The quantitative estimate of drug-likeness (QED) is 0.0674. The van der Waals surface area contributed by atoms with Crippen LogP contribution in [0.15, 0.2) is 46.1 Å². The summed E-state index contributed by atoms with van der Waals surface area (Å²) >= 11 is 7.97. The molecule has 0 spiro atoms. The van der Waals surface area contributed by atoms with E-state index < -0.39 is 11.5 Å². The molecule has 2 aromatic carbocycles. The number of halogens is 2. The molecule has 0 aliphatic carbocycles. The van der Waals surface area contributed by atoms with Gasteiger partial charge in [0.15, 0.2) is 5.82 Å². The van der Waals surface area contributed by atoms with Gasteiger partial charge in [-0.3, -0.25) is 9.98 Å². The molecule has 1 aliphatic rings. The molecule has 6 N–H and O–H groups in total. The van der Waals surface area contributed by atoms with E-state index in [0.29, 0.717) is 28.8 Å². The summed E-state index contributed by atoms with van der Waals surface area (Å²) in [5.41, 5.74) is 10.4. The Bertz CT molecular complexity index is 1750. The molecule has 5 rings (SSSR count). The highest BCUT2D eigenvalue weighted by Crippen LogP contribution is 2.35. The van der Waals surface area contributed by atoms with E-state index in [1.807, 2.05) is 32.0 Å². The van der Waals surface area contributed by atoms with Crippen LogP contribution in [0.2, 0.25) is 5.02 Å². The minimum Gasteiger partial charge on any atom is -0.374 e. The standard InChI is InChI=1S/C34H43ClFN7OS/c1-19(37)7-5-8-22-15-27(32(36)28(35)16-22)30-18-26-20(2)43(34(44)42-33(26)41-30)24-11-12-25(31(17-24)45-4)29-10-6-9-23(40-29)13-14-39-21(3)38/h11-12,15-19,23,29,40H,5-10,13-14,37H2,1-4H3,(H2,38,39)(H,41,42,44)/t19-,23-,29-/m0/s1. The Morgan fingerprint density at radius 1 is 1.29 bits per heavy atom. The molecule has 8 nitrogen and oxygen atoms in total. The minimum atomic E-state index is -0.507. The molecule has 0 unspecified atom stereocenters. The summed E-state index contributed by atoms with van der Waals surface area (Å²) in [6.07, 6.45) is 8.81. The van der Waals surface area contributed by atoms with Gasteiger partial charge in [0, 0.05) is 46.2 Å². The van der Waals surface area contributed by atoms with Gasteiger partial charge in [-0.1, -0.05) is 24.1 Å². The number of aryl methyl sites for hydroxylation is 2. The number of thioether (sulfide) groups is 1. The van der Waals surface area contributed by atoms with E-state index in [2.05, 4.69) is 39.0 Å². The summed E-state index contributed by atoms with van der Waals surface area (Å²) in [5.74, 6) is -0.0156. The van der Waals surface area contributed by atoms with Gasteiger partial charge in [0.1, 0.15) is 5.65 Å². The van der Waals surface area contributed by atoms with Crippen LogP contribution in [0.4, 0.5) is 4.39 Å². The number of hydrogen-bond acceptors (Lipinski definition) is 6. The zero-order valence-electron chi connectivity index (χ0n) is 26.4.